The van der Waals surface area contributed by atoms with Crippen molar-refractivity contribution in [3.05, 3.63) is 251 Å². The Kier molecular flexibility index (Phi) is 40.2. The third-order valence-corrected chi connectivity index (χ3v) is 25.9. The normalized spacial score (nSPS) is 16.2. The molecule has 5 aliphatic rings. The van der Waals surface area contributed by atoms with Crippen LogP contribution in [0, 0.1) is 62.3 Å². The van der Waals surface area contributed by atoms with Crippen molar-refractivity contribution in [2.45, 2.75) is 216 Å². The minimum Gasteiger partial charge on any atom is -0.491 e. The molecular weight excluding hydrogens is 1870 g/mol. The molecule has 732 valence electrons. The van der Waals surface area contributed by atoms with Gasteiger partial charge in [0.15, 0.2) is 34.7 Å². The zero-order valence-electron chi connectivity index (χ0n) is 79.9. The van der Waals surface area contributed by atoms with E-state index in [1.165, 1.54) is 52.2 Å². The second kappa shape index (κ2) is 52.6. The second-order valence-corrected chi connectivity index (χ2v) is 38.5. The lowest BCUT2D eigenvalue weighted by atomic mass is 10.1. The average Bonchev–Trinajstić information content (AvgIpc) is 1.78. The fraction of sp³-hybridized carbons (Fsp3) is 0.446. The van der Waals surface area contributed by atoms with Gasteiger partial charge in [0.1, 0.15) is 137 Å². The summed E-state index contributed by atoms with van der Waals surface area (Å²) in [5.74, 6) is 4.03. The number of aryl methyl sites for hydroxylation is 10. The largest absolute Gasteiger partial charge is 0.491 e. The number of thiazole rings is 5. The van der Waals surface area contributed by atoms with E-state index in [9.17, 15) is 37.5 Å². The van der Waals surface area contributed by atoms with Gasteiger partial charge in [-0.15, -0.1) is 56.7 Å². The Bertz CT molecular complexity index is 5930. The molecule has 37 heteroatoms. The van der Waals surface area contributed by atoms with Crippen LogP contribution in [-0.2, 0) is 73.4 Å². The summed E-state index contributed by atoms with van der Waals surface area (Å²) >= 11 is 7.13. The molecule has 0 N–H and O–H groups in total. The highest BCUT2D eigenvalue weighted by atomic mass is 32.1. The minimum atomic E-state index is -2.63. The van der Waals surface area contributed by atoms with Crippen molar-refractivity contribution < 1.29 is 94.4 Å². The van der Waals surface area contributed by atoms with Gasteiger partial charge in [0.05, 0.1) is 115 Å². The highest BCUT2D eigenvalue weighted by Crippen LogP contribution is 2.40. The number of alkyl halides is 2. The molecule has 0 radical (unpaired) electrons. The van der Waals surface area contributed by atoms with E-state index in [0.29, 0.717) is 132 Å². The third-order valence-electron chi connectivity index (χ3n) is 21.3. The number of hydrogen-bond donors (Lipinski definition) is 0. The number of pyridine rings is 7. The smallest absolute Gasteiger partial charge is 0.281 e. The molecule has 30 nitrogen and oxygen atoms in total. The van der Waals surface area contributed by atoms with Crippen molar-refractivity contribution in [2.24, 2.45) is 0 Å². The molecule has 0 bridgehead atoms. The van der Waals surface area contributed by atoms with Crippen LogP contribution < -0.4 is 28.4 Å². The molecule has 4 saturated heterocycles. The summed E-state index contributed by atoms with van der Waals surface area (Å²) in [6.07, 6.45) is 7.35. The molecule has 1 aliphatic carbocycles. The standard InChI is InChI=1S/C18H20N2O3S.C18H22N2O3.C17H20N2O3S.C16H16F2N2O3S.C16H18N2O3S.C16H20N2O3S/c1-11-6-14(23-13-4-5-22-9-13)7-15(19-11)17(21)8-18-20-16(10-24-18)12-2-3-12;1-12-5-6-15(19-10-12)8-18(21)17-9-16(7-13(2)20-17)23-11-14(3)22-4;1-3-12-10-23-17(19-12)8-16(20)15-7-14(6-11(2)18-15)22-13-4-5-21-9-13;1-9-4-11(23-10-2-3-22-7-10)5-12(19-9)14(21)6-15-20-13(8-24-15)16(17)18;1-10-5-13(21-12-3-4-20-8-12)6-14(17-10)15(19)7-16-18-11(2)9-22-16;1-10-5-13(21-8-12(3)20-4)6-14(17-10)15(19)7-16-18-11(2)9-22-16/h6-7,10,12-13H,2-5,8-9H2,1H3;5-7,9-10,14H,8,11H2,1-4H3;6-7,10,13H,3-5,8-9H2,1-2H3;4-5,8,10,16H,2-3,6-7H2,1H3;5-6,9,12H,3-4,7-8H2,1-2H3;5-6,9,12H,7-8H2,1-4H3/t13-;14-;13-;10-;2*12-/m101111/s1. The quantitative estimate of drug-likeness (QED) is 0.0326. The van der Waals surface area contributed by atoms with E-state index in [1.54, 1.807) is 81.1 Å². The number of hydrogen-bond acceptors (Lipinski definition) is 35. The third kappa shape index (κ3) is 34.6. The fourth-order valence-corrected chi connectivity index (χ4v) is 18.0. The summed E-state index contributed by atoms with van der Waals surface area (Å²) in [4.78, 5) is 126. The van der Waals surface area contributed by atoms with Crippen LogP contribution in [0.2, 0.25) is 0 Å². The zero-order valence-corrected chi connectivity index (χ0v) is 84.0. The lowest BCUT2D eigenvalue weighted by molar-refractivity contribution is 0.0715. The Labute approximate surface area is 821 Å². The average molecular weight is 1980 g/mol. The van der Waals surface area contributed by atoms with E-state index in [1.807, 2.05) is 128 Å². The molecule has 4 aliphatic heterocycles. The molecule has 12 aromatic heterocycles. The van der Waals surface area contributed by atoms with Crippen molar-refractivity contribution in [3.63, 3.8) is 0 Å². The summed E-state index contributed by atoms with van der Waals surface area (Å²) in [6.45, 7) is 28.8. The van der Waals surface area contributed by atoms with Crippen LogP contribution in [-0.4, -0.2) is 211 Å². The summed E-state index contributed by atoms with van der Waals surface area (Å²) in [5.41, 5.74) is 12.4. The number of nitrogens with zero attached hydrogens (tertiary/aromatic N) is 12. The van der Waals surface area contributed by atoms with Crippen LogP contribution in [0.1, 0.15) is 233 Å². The van der Waals surface area contributed by atoms with Gasteiger partial charge in [-0.1, -0.05) is 13.0 Å². The molecule has 0 spiro atoms. The number of Topliss-reactive ketones (excluding diaryl/α,β-unsaturated/α-hetero) is 6. The maximum absolute atomic E-state index is 12.6. The summed E-state index contributed by atoms with van der Waals surface area (Å²) in [5, 5.41) is 12.9. The van der Waals surface area contributed by atoms with E-state index >= 15 is 0 Å². The molecule has 12 aromatic rings. The SMILES string of the molecule is CCc1csc(CC(=O)c2cc(O[C@@H]3CCOC3)cc(C)n2)n1.CO[C@@H](C)COc1cc(C)nc(C(=O)Cc2ccc(C)cn2)c1.CO[C@H](C)COc1cc(C)nc(C(=O)Cc2nc(C)cs2)c1.Cc1cc(O[C@@H]2CCOC2)cc(C(=O)Cc2nc(C(F)F)cs2)n1.Cc1cc(O[C@@H]2CCOC2)cc(C(=O)Cc2nc(C)cs2)n1.Cc1cc(O[C@@H]2CCOC2)cc(C(=O)Cc2nc(C3CC3)cs2)n1. The van der Waals surface area contributed by atoms with Crippen LogP contribution in [0.3, 0.4) is 0 Å². The number of aromatic nitrogens is 12. The lowest BCUT2D eigenvalue weighted by Gasteiger charge is -2.13. The van der Waals surface area contributed by atoms with Gasteiger partial charge in [-0.2, -0.15) is 0 Å². The molecule has 0 aromatic carbocycles. The first-order valence-corrected chi connectivity index (χ1v) is 50.0. The topological polar surface area (TPSA) is 368 Å². The predicted octanol–water partition coefficient (Wildman–Crippen LogP) is 18.4. The first kappa shape index (κ1) is 106. The summed E-state index contributed by atoms with van der Waals surface area (Å²) in [6, 6.07) is 24.9. The van der Waals surface area contributed by atoms with E-state index in [2.05, 4.69) is 72.1 Å². The van der Waals surface area contributed by atoms with Crippen LogP contribution in [0.15, 0.2) is 118 Å². The molecule has 0 amide bonds. The van der Waals surface area contributed by atoms with Gasteiger partial charge in [0, 0.05) is 203 Å². The van der Waals surface area contributed by atoms with E-state index < -0.39 is 6.43 Å². The van der Waals surface area contributed by atoms with Crippen molar-refractivity contribution in [1.29, 1.82) is 0 Å². The van der Waals surface area contributed by atoms with Crippen LogP contribution in [0.25, 0.3) is 0 Å². The fourth-order valence-electron chi connectivity index (χ4n) is 13.9. The molecule has 5 fully saturated rings. The van der Waals surface area contributed by atoms with Crippen LogP contribution >= 0.6 is 56.7 Å². The Morgan fingerprint density at radius 1 is 0.362 bits per heavy atom. The number of ether oxygens (including phenoxy) is 12. The molecule has 138 heavy (non-hydrogen) atoms. The lowest BCUT2D eigenvalue weighted by Crippen LogP contribution is -2.16. The van der Waals surface area contributed by atoms with Gasteiger partial charge >= 0.3 is 0 Å². The number of methoxy groups -OCH3 is 2. The Morgan fingerprint density at radius 3 is 0.978 bits per heavy atom. The summed E-state index contributed by atoms with van der Waals surface area (Å²) in [7, 11) is 3.27. The van der Waals surface area contributed by atoms with Gasteiger partial charge in [-0.05, 0) is 107 Å². The van der Waals surface area contributed by atoms with Crippen LogP contribution in [0.5, 0.6) is 34.5 Å². The maximum Gasteiger partial charge on any atom is 0.281 e. The van der Waals surface area contributed by atoms with E-state index in [-0.39, 0.29) is 115 Å². The van der Waals surface area contributed by atoms with Crippen molar-refractivity contribution in [3.8, 4) is 34.5 Å². The number of carbonyl (C=O) groups excluding carboxylic acids is 6. The predicted molar refractivity (Wildman–Crippen MR) is 521 cm³/mol. The minimum absolute atomic E-state index is 0.00841. The van der Waals surface area contributed by atoms with Crippen molar-refractivity contribution >= 4 is 91.4 Å². The maximum atomic E-state index is 12.6. The number of halogens is 2. The van der Waals surface area contributed by atoms with Gasteiger partial charge in [-0.3, -0.25) is 33.8 Å². The highest BCUT2D eigenvalue weighted by Gasteiger charge is 2.29. The Hall–Kier alpha value is -11.4. The van der Waals surface area contributed by atoms with Gasteiger partial charge < -0.3 is 56.8 Å². The molecule has 1 saturated carbocycles. The van der Waals surface area contributed by atoms with Gasteiger partial charge in [-0.25, -0.2) is 63.6 Å². The Balaban J connectivity index is 0.000000149. The first-order chi connectivity index (χ1) is 66.4. The van der Waals surface area contributed by atoms with Gasteiger partial charge in [0.25, 0.3) is 6.43 Å². The monoisotopic (exact) mass is 1980 g/mol. The molecule has 0 unspecified atom stereocenters. The molecule has 6 atom stereocenters. The van der Waals surface area contributed by atoms with Gasteiger partial charge in [0.2, 0.25) is 0 Å². The molecule has 16 heterocycles. The number of ketones is 6. The number of carbonyl (C=O) groups is 6. The molecular formula is C101H116F2N12O18S5. The van der Waals surface area contributed by atoms with Crippen molar-refractivity contribution in [1.82, 2.24) is 59.8 Å². The van der Waals surface area contributed by atoms with Crippen LogP contribution in [0.4, 0.5) is 8.78 Å². The number of rotatable bonds is 37. The summed E-state index contributed by atoms with van der Waals surface area (Å²) < 4.78 is 91.4. The van der Waals surface area contributed by atoms with Crippen molar-refractivity contribution in [2.75, 3.05) is 80.3 Å². The second-order valence-electron chi connectivity index (χ2n) is 33.8. The zero-order chi connectivity index (χ0) is 98.3. The highest BCUT2D eigenvalue weighted by molar-refractivity contribution is 7.11. The Morgan fingerprint density at radius 2 is 0.681 bits per heavy atom. The molecule has 17 rings (SSSR count). The first-order valence-electron chi connectivity index (χ1n) is 45.6. The van der Waals surface area contributed by atoms with E-state index in [4.69, 9.17) is 56.8 Å². The van der Waals surface area contributed by atoms with E-state index in [0.717, 1.165) is 146 Å².